The van der Waals surface area contributed by atoms with Crippen LogP contribution in [0.1, 0.15) is 104 Å². The molecule has 0 unspecified atom stereocenters. The first-order valence-electron chi connectivity index (χ1n) is 10.4. The molecule has 22 heteroatoms. The van der Waals surface area contributed by atoms with Gasteiger partial charge in [0.05, 0.1) is 55.6 Å². The van der Waals surface area contributed by atoms with Crippen LogP contribution < -0.4 is 0 Å². The molecule has 0 atom stereocenters. The Morgan fingerprint density at radius 2 is 0.364 bits per heavy atom. The number of carboxylic acids is 10. The van der Waals surface area contributed by atoms with Crippen LogP contribution in [0.2, 0.25) is 0 Å². The van der Waals surface area contributed by atoms with E-state index in [1.165, 1.54) is 0 Å². The Morgan fingerprint density at radius 1 is 0.250 bits per heavy atom. The summed E-state index contributed by atoms with van der Waals surface area (Å²) in [4.78, 5) is 117. The van der Waals surface area contributed by atoms with Crippen LogP contribution in [-0.2, 0) is 0 Å². The molecule has 0 bridgehead atoms. The summed E-state index contributed by atoms with van der Waals surface area (Å²) in [7, 11) is -0.879. The van der Waals surface area contributed by atoms with Gasteiger partial charge in [0.1, 0.15) is 0 Å². The number of carbonyl (C=O) groups is 10. The van der Waals surface area contributed by atoms with E-state index < -0.39 is 147 Å². The van der Waals surface area contributed by atoms with Crippen molar-refractivity contribution < 1.29 is 99.0 Å². The Kier molecular flexibility index (Phi) is 9.57. The molecule has 0 amide bonds. The summed E-state index contributed by atoms with van der Waals surface area (Å²) in [6.07, 6.45) is 0. The van der Waals surface area contributed by atoms with Gasteiger partial charge >= 0.3 is 59.7 Å². The quantitative estimate of drug-likeness (QED) is 0.136. The maximum Gasteiger partial charge on any atom is 0.337 e. The van der Waals surface area contributed by atoms with Crippen LogP contribution >= 0.6 is 21.6 Å². The lowest BCUT2D eigenvalue weighted by atomic mass is 9.90. The van der Waals surface area contributed by atoms with Gasteiger partial charge in [-0.05, 0) is 0 Å². The summed E-state index contributed by atoms with van der Waals surface area (Å²) in [6, 6.07) is 0. The smallest absolute Gasteiger partial charge is 0.337 e. The topological polar surface area (TPSA) is 373 Å². The van der Waals surface area contributed by atoms with Gasteiger partial charge in [0.2, 0.25) is 0 Å². The van der Waals surface area contributed by atoms with Gasteiger partial charge in [0, 0.05) is 9.79 Å². The highest BCUT2D eigenvalue weighted by Crippen LogP contribution is 2.48. The van der Waals surface area contributed by atoms with Crippen molar-refractivity contribution in [3.05, 3.63) is 55.6 Å². The van der Waals surface area contributed by atoms with Gasteiger partial charge in [0.25, 0.3) is 0 Å². The summed E-state index contributed by atoms with van der Waals surface area (Å²) >= 11 is 0. The lowest BCUT2D eigenvalue weighted by molar-refractivity contribution is 0.0604. The fourth-order valence-electron chi connectivity index (χ4n) is 3.80. The van der Waals surface area contributed by atoms with E-state index in [-0.39, 0.29) is 0 Å². The summed E-state index contributed by atoms with van der Waals surface area (Å²) in [5, 5.41) is 96.1. The van der Waals surface area contributed by atoms with E-state index in [2.05, 4.69) is 0 Å². The number of aromatic carboxylic acids is 10. The fourth-order valence-corrected chi connectivity index (χ4v) is 6.56. The zero-order chi connectivity index (χ0) is 34.1. The van der Waals surface area contributed by atoms with E-state index in [4.69, 9.17) is 0 Å². The molecule has 10 N–H and O–H groups in total. The van der Waals surface area contributed by atoms with E-state index in [1.54, 1.807) is 0 Å². The minimum atomic E-state index is -2.42. The molecule has 230 valence electrons. The van der Waals surface area contributed by atoms with Gasteiger partial charge in [-0.15, -0.1) is 0 Å². The van der Waals surface area contributed by atoms with Crippen LogP contribution in [0.5, 0.6) is 0 Å². The molecule has 2 aromatic carbocycles. The second-order valence-electron chi connectivity index (χ2n) is 7.63. The van der Waals surface area contributed by atoms with Gasteiger partial charge in [0.15, 0.2) is 0 Å². The molecule has 0 aliphatic rings. The van der Waals surface area contributed by atoms with Gasteiger partial charge in [-0.3, -0.25) is 0 Å². The Labute approximate surface area is 245 Å². The van der Waals surface area contributed by atoms with E-state index in [0.29, 0.717) is 0 Å². The highest BCUT2D eigenvalue weighted by molar-refractivity contribution is 8.76. The maximum absolute atomic E-state index is 12.1. The Balaban J connectivity index is 3.32. The molecule has 0 heterocycles. The monoisotopic (exact) mass is 658 g/mol. The normalized spacial score (nSPS) is 10.5. The minimum Gasteiger partial charge on any atom is -0.478 e. The van der Waals surface area contributed by atoms with E-state index in [9.17, 15) is 99.0 Å². The predicted octanol–water partition coefficient (Wildman–Crippen LogP) is 1.47. The SMILES string of the molecule is O=C(O)c1c(SSc2c(C(=O)O)c(C(=O)O)c(C(=O)O)c(C(=O)O)c2C(=O)O)c(C(=O)O)c(C(=O)O)c(C(=O)O)c1C(=O)O. The second-order valence-corrected chi connectivity index (χ2v) is 9.78. The highest BCUT2D eigenvalue weighted by Gasteiger charge is 2.41. The Morgan fingerprint density at radius 3 is 0.477 bits per heavy atom. The number of benzene rings is 2. The maximum atomic E-state index is 12.1. The Hall–Kier alpha value is -6.16. The predicted molar refractivity (Wildman–Crippen MR) is 134 cm³/mol. The van der Waals surface area contributed by atoms with Crippen LogP contribution in [0, 0.1) is 0 Å². The average molecular weight is 658 g/mol. The summed E-state index contributed by atoms with van der Waals surface area (Å²) in [5.74, 6) is -24.1. The van der Waals surface area contributed by atoms with E-state index in [1.807, 2.05) is 0 Å². The number of hydrogen-bond donors (Lipinski definition) is 10. The first kappa shape index (κ1) is 34.0. The third kappa shape index (κ3) is 5.77. The second kappa shape index (κ2) is 12.4. The summed E-state index contributed by atoms with van der Waals surface area (Å²) < 4.78 is 0. The van der Waals surface area contributed by atoms with E-state index in [0.717, 1.165) is 0 Å². The number of rotatable bonds is 13. The van der Waals surface area contributed by atoms with Crippen molar-refractivity contribution in [3.63, 3.8) is 0 Å². The molecule has 0 radical (unpaired) electrons. The molecule has 2 rings (SSSR count). The summed E-state index contributed by atoms with van der Waals surface area (Å²) in [5.41, 5.74) is -17.7. The fraction of sp³-hybridized carbons (Fsp3) is 0. The first-order valence-corrected chi connectivity index (χ1v) is 12.5. The van der Waals surface area contributed by atoms with Gasteiger partial charge in [-0.25, -0.2) is 47.9 Å². The standard InChI is InChI=1S/C22H10O20S2/c23-13(24)1-3(15(27)28)7(19(35)36)11(8(20(37)38)4(1)16(29)30)43-44-12-9(21(39)40)5(17(31)32)2(14(25)26)6(18(33)34)10(12)22(41)42/h(H,23,24)(H,25,26)(H,27,28)(H,29,30)(H,31,32)(H,33,34)(H,35,36)(H,37,38)(H,39,40)(H,41,42). The molecule has 20 nitrogen and oxygen atoms in total. The zero-order valence-corrected chi connectivity index (χ0v) is 22.0. The molecule has 0 aliphatic heterocycles. The van der Waals surface area contributed by atoms with Gasteiger partial charge < -0.3 is 51.1 Å². The van der Waals surface area contributed by atoms with Crippen LogP contribution in [0.4, 0.5) is 0 Å². The number of hydrogen-bond acceptors (Lipinski definition) is 12. The van der Waals surface area contributed by atoms with Crippen molar-refractivity contribution >= 4 is 81.3 Å². The average Bonchev–Trinajstić information content (AvgIpc) is 2.87. The molecule has 0 aliphatic carbocycles. The molecule has 0 saturated heterocycles. The van der Waals surface area contributed by atoms with E-state index >= 15 is 0 Å². The van der Waals surface area contributed by atoms with Crippen molar-refractivity contribution in [2.45, 2.75) is 9.79 Å². The van der Waals surface area contributed by atoms with Crippen molar-refractivity contribution in [2.75, 3.05) is 0 Å². The lowest BCUT2D eigenvalue weighted by Gasteiger charge is -2.20. The van der Waals surface area contributed by atoms with Crippen LogP contribution in [0.3, 0.4) is 0 Å². The molecule has 2 aromatic rings. The third-order valence-corrected chi connectivity index (χ3v) is 7.74. The highest BCUT2D eigenvalue weighted by atomic mass is 33.1. The van der Waals surface area contributed by atoms with Crippen molar-refractivity contribution in [2.24, 2.45) is 0 Å². The van der Waals surface area contributed by atoms with Gasteiger partial charge in [-0.2, -0.15) is 0 Å². The van der Waals surface area contributed by atoms with Gasteiger partial charge in [-0.1, -0.05) is 21.6 Å². The summed E-state index contributed by atoms with van der Waals surface area (Å²) in [6.45, 7) is 0. The molecule has 0 fully saturated rings. The van der Waals surface area contributed by atoms with Crippen LogP contribution in [-0.4, -0.2) is 111 Å². The molecule has 44 heavy (non-hydrogen) atoms. The molecule has 0 saturated carbocycles. The Bertz CT molecular complexity index is 1550. The van der Waals surface area contributed by atoms with Crippen LogP contribution in [0.15, 0.2) is 9.79 Å². The first-order chi connectivity index (χ1) is 20.2. The van der Waals surface area contributed by atoms with Crippen LogP contribution in [0.25, 0.3) is 0 Å². The lowest BCUT2D eigenvalue weighted by Crippen LogP contribution is -2.25. The zero-order valence-electron chi connectivity index (χ0n) is 20.4. The largest absolute Gasteiger partial charge is 0.478 e. The molecular formula is C22H10O20S2. The van der Waals surface area contributed by atoms with Crippen molar-refractivity contribution in [1.29, 1.82) is 0 Å². The number of carboxylic acid groups (broad SMARTS) is 10. The third-order valence-electron chi connectivity index (χ3n) is 5.26. The van der Waals surface area contributed by atoms with Crippen molar-refractivity contribution in [1.82, 2.24) is 0 Å². The minimum absolute atomic E-state index is 0.439. The molecule has 0 aromatic heterocycles. The molecular weight excluding hydrogens is 648 g/mol. The van der Waals surface area contributed by atoms with Crippen molar-refractivity contribution in [3.8, 4) is 0 Å². The molecule has 0 spiro atoms.